The van der Waals surface area contributed by atoms with Crippen LogP contribution in [0.15, 0.2) is 53.9 Å². The average molecular weight is 470 g/mol. The maximum Gasteiger partial charge on any atom is 0.341 e. The van der Waals surface area contributed by atoms with Crippen LogP contribution in [0, 0.1) is 5.82 Å². The highest BCUT2D eigenvalue weighted by atomic mass is 32.1. The van der Waals surface area contributed by atoms with Crippen molar-refractivity contribution >= 4 is 28.2 Å². The molecule has 0 aliphatic rings. The number of carbonyl (C=O) groups excluding carboxylic acids is 2. The summed E-state index contributed by atoms with van der Waals surface area (Å²) in [5.74, 6) is 0.126. The minimum Gasteiger partial charge on any atom is -0.494 e. The van der Waals surface area contributed by atoms with Crippen LogP contribution in [0.2, 0.25) is 0 Å². The van der Waals surface area contributed by atoms with E-state index in [2.05, 4.69) is 19.2 Å². The van der Waals surface area contributed by atoms with Crippen LogP contribution in [0.5, 0.6) is 5.75 Å². The summed E-state index contributed by atoms with van der Waals surface area (Å²) in [5.41, 5.74) is 2.80. The zero-order valence-electron chi connectivity index (χ0n) is 19.0. The molecule has 5 nitrogen and oxygen atoms in total. The Morgan fingerprint density at radius 3 is 2.39 bits per heavy atom. The molecule has 0 saturated carbocycles. The van der Waals surface area contributed by atoms with Crippen LogP contribution in [0.4, 0.5) is 9.39 Å². The van der Waals surface area contributed by atoms with E-state index in [-0.39, 0.29) is 30.3 Å². The second-order valence-corrected chi connectivity index (χ2v) is 8.68. The van der Waals surface area contributed by atoms with E-state index in [0.29, 0.717) is 35.1 Å². The Balaban J connectivity index is 1.60. The summed E-state index contributed by atoms with van der Waals surface area (Å²) in [4.78, 5) is 25.1. The number of amides is 1. The highest BCUT2D eigenvalue weighted by Gasteiger charge is 2.22. The summed E-state index contributed by atoms with van der Waals surface area (Å²) < 4.78 is 24.2. The van der Waals surface area contributed by atoms with Gasteiger partial charge in [0, 0.05) is 17.4 Å². The molecule has 0 bridgehead atoms. The van der Waals surface area contributed by atoms with Crippen molar-refractivity contribution < 1.29 is 23.5 Å². The van der Waals surface area contributed by atoms with Crippen molar-refractivity contribution in [2.75, 3.05) is 18.5 Å². The van der Waals surface area contributed by atoms with E-state index < -0.39 is 5.97 Å². The maximum atomic E-state index is 13.3. The minimum absolute atomic E-state index is 0.209. The fourth-order valence-corrected chi connectivity index (χ4v) is 4.23. The number of hydrogen-bond acceptors (Lipinski definition) is 5. The average Bonchev–Trinajstić information content (AvgIpc) is 3.21. The van der Waals surface area contributed by atoms with Crippen LogP contribution in [0.1, 0.15) is 55.5 Å². The smallest absolute Gasteiger partial charge is 0.341 e. The number of benzene rings is 2. The summed E-state index contributed by atoms with van der Waals surface area (Å²) in [5, 5.41) is 5.00. The zero-order valence-corrected chi connectivity index (χ0v) is 19.8. The number of nitrogens with one attached hydrogen (secondary N) is 1. The first-order valence-corrected chi connectivity index (χ1v) is 11.8. The molecule has 1 amide bonds. The summed E-state index contributed by atoms with van der Waals surface area (Å²) in [6.45, 7) is 6.61. The second-order valence-electron chi connectivity index (χ2n) is 7.80. The van der Waals surface area contributed by atoms with Crippen molar-refractivity contribution in [1.82, 2.24) is 0 Å². The number of esters is 1. The van der Waals surface area contributed by atoms with Crippen LogP contribution in [0.3, 0.4) is 0 Å². The van der Waals surface area contributed by atoms with Gasteiger partial charge < -0.3 is 14.8 Å². The Hall–Kier alpha value is -3.19. The molecule has 7 heteroatoms. The first-order valence-electron chi connectivity index (χ1n) is 11.0. The molecule has 0 spiro atoms. The van der Waals surface area contributed by atoms with Crippen LogP contribution < -0.4 is 10.1 Å². The van der Waals surface area contributed by atoms with Crippen molar-refractivity contribution in [3.8, 4) is 16.9 Å². The fraction of sp³-hybridized carbons (Fsp3) is 0.308. The van der Waals surface area contributed by atoms with Crippen LogP contribution in [-0.2, 0) is 9.53 Å². The normalized spacial score (nSPS) is 10.8. The van der Waals surface area contributed by atoms with Crippen molar-refractivity contribution in [1.29, 1.82) is 0 Å². The Morgan fingerprint density at radius 2 is 1.76 bits per heavy atom. The fourth-order valence-electron chi connectivity index (χ4n) is 3.26. The van der Waals surface area contributed by atoms with E-state index in [1.54, 1.807) is 24.4 Å². The molecule has 174 valence electrons. The van der Waals surface area contributed by atoms with Gasteiger partial charge in [0.2, 0.25) is 5.91 Å². The minimum atomic E-state index is -0.526. The van der Waals surface area contributed by atoms with Gasteiger partial charge in [-0.3, -0.25) is 4.79 Å². The standard InChI is InChI=1S/C26H28FNO4S/c1-4-31-26(30)24-22(19-7-11-20(27)12-8-19)16-33-25(24)28-23(29)6-5-15-32-21-13-9-18(10-14-21)17(2)3/h7-14,16-17H,4-6,15H2,1-3H3,(H,28,29). The highest BCUT2D eigenvalue weighted by molar-refractivity contribution is 7.15. The van der Waals surface area contributed by atoms with E-state index in [1.807, 2.05) is 24.3 Å². The molecule has 0 radical (unpaired) electrons. The Morgan fingerprint density at radius 1 is 1.06 bits per heavy atom. The summed E-state index contributed by atoms with van der Waals surface area (Å²) in [6, 6.07) is 13.8. The molecule has 1 aromatic heterocycles. The molecule has 1 N–H and O–H groups in total. The number of ether oxygens (including phenoxy) is 2. The highest BCUT2D eigenvalue weighted by Crippen LogP contribution is 2.36. The number of carbonyl (C=O) groups is 2. The lowest BCUT2D eigenvalue weighted by atomic mass is 10.0. The molecule has 0 unspecified atom stereocenters. The van der Waals surface area contributed by atoms with Gasteiger partial charge >= 0.3 is 5.97 Å². The quantitative estimate of drug-likeness (QED) is 0.267. The van der Waals surface area contributed by atoms with Gasteiger partial charge in [-0.2, -0.15) is 0 Å². The van der Waals surface area contributed by atoms with Crippen molar-refractivity contribution in [2.45, 2.75) is 39.5 Å². The van der Waals surface area contributed by atoms with Gasteiger partial charge in [0.15, 0.2) is 0 Å². The largest absolute Gasteiger partial charge is 0.494 e. The summed E-state index contributed by atoms with van der Waals surface area (Å²) in [7, 11) is 0. The molecule has 0 atom stereocenters. The van der Waals surface area contributed by atoms with E-state index in [1.165, 1.54) is 29.0 Å². The van der Waals surface area contributed by atoms with Gasteiger partial charge in [0.05, 0.1) is 13.2 Å². The van der Waals surface area contributed by atoms with Crippen molar-refractivity contribution in [3.63, 3.8) is 0 Å². The lowest BCUT2D eigenvalue weighted by Crippen LogP contribution is -2.15. The topological polar surface area (TPSA) is 64.6 Å². The van der Waals surface area contributed by atoms with Crippen LogP contribution in [0.25, 0.3) is 11.1 Å². The molecule has 0 fully saturated rings. The predicted molar refractivity (Wildman–Crippen MR) is 130 cm³/mol. The van der Waals surface area contributed by atoms with Gasteiger partial charge in [-0.05, 0) is 54.7 Å². The van der Waals surface area contributed by atoms with E-state index >= 15 is 0 Å². The van der Waals surface area contributed by atoms with Crippen molar-refractivity contribution in [3.05, 3.63) is 70.9 Å². The zero-order chi connectivity index (χ0) is 23.8. The molecule has 0 saturated heterocycles. The molecule has 0 aliphatic heterocycles. The number of halogens is 1. The lowest BCUT2D eigenvalue weighted by Gasteiger charge is -2.10. The van der Waals surface area contributed by atoms with Crippen molar-refractivity contribution in [2.24, 2.45) is 0 Å². The summed E-state index contributed by atoms with van der Waals surface area (Å²) in [6.07, 6.45) is 0.777. The first-order chi connectivity index (χ1) is 15.9. The number of rotatable bonds is 10. The van der Waals surface area contributed by atoms with Crippen LogP contribution in [-0.4, -0.2) is 25.1 Å². The lowest BCUT2D eigenvalue weighted by molar-refractivity contribution is -0.116. The number of hydrogen-bond donors (Lipinski definition) is 1. The molecule has 1 heterocycles. The van der Waals surface area contributed by atoms with E-state index in [0.717, 1.165) is 5.75 Å². The third kappa shape index (κ3) is 6.65. The Labute approximate surface area is 197 Å². The monoisotopic (exact) mass is 469 g/mol. The molecular formula is C26H28FNO4S. The molecule has 2 aromatic carbocycles. The predicted octanol–water partition coefficient (Wildman–Crippen LogP) is 6.65. The molecule has 3 rings (SSSR count). The Kier molecular flexibility index (Phi) is 8.60. The third-order valence-electron chi connectivity index (χ3n) is 5.04. The molecule has 3 aromatic rings. The number of anilines is 1. The van der Waals surface area contributed by atoms with Gasteiger partial charge in [0.1, 0.15) is 22.1 Å². The summed E-state index contributed by atoms with van der Waals surface area (Å²) >= 11 is 1.24. The third-order valence-corrected chi connectivity index (χ3v) is 5.94. The SMILES string of the molecule is CCOC(=O)c1c(-c2ccc(F)cc2)csc1NC(=O)CCCOc1ccc(C(C)C)cc1. The number of thiophene rings is 1. The van der Waals surface area contributed by atoms with Gasteiger partial charge in [-0.25, -0.2) is 9.18 Å². The van der Waals surface area contributed by atoms with E-state index in [4.69, 9.17) is 9.47 Å². The maximum absolute atomic E-state index is 13.3. The molecule has 0 aliphatic carbocycles. The second kappa shape index (κ2) is 11.6. The van der Waals surface area contributed by atoms with E-state index in [9.17, 15) is 14.0 Å². The Bertz CT molecular complexity index is 1070. The van der Waals surface area contributed by atoms with Crippen LogP contribution >= 0.6 is 11.3 Å². The first kappa shape index (κ1) is 24.5. The molecular weight excluding hydrogens is 441 g/mol. The molecule has 33 heavy (non-hydrogen) atoms. The van der Waals surface area contributed by atoms with Gasteiger partial charge in [-0.15, -0.1) is 11.3 Å². The van der Waals surface area contributed by atoms with Gasteiger partial charge in [0.25, 0.3) is 0 Å². The van der Waals surface area contributed by atoms with Gasteiger partial charge in [-0.1, -0.05) is 38.1 Å².